The maximum Gasteiger partial charge on any atom is 0.240 e. The first-order valence-electron chi connectivity index (χ1n) is 9.38. The van der Waals surface area contributed by atoms with E-state index in [0.717, 1.165) is 34.7 Å². The average Bonchev–Trinajstić information content (AvgIpc) is 2.74. The van der Waals surface area contributed by atoms with Crippen LogP contribution in [0.15, 0.2) is 42.5 Å². The van der Waals surface area contributed by atoms with E-state index in [4.69, 9.17) is 14.2 Å². The molecule has 0 aromatic heterocycles. The van der Waals surface area contributed by atoms with E-state index in [2.05, 4.69) is 5.32 Å². The monoisotopic (exact) mass is 436 g/mol. The molecule has 8 nitrogen and oxygen atoms in total. The van der Waals surface area contributed by atoms with Crippen molar-refractivity contribution >= 4 is 21.6 Å². The first-order chi connectivity index (χ1) is 14.3. The lowest BCUT2D eigenvalue weighted by Crippen LogP contribution is -2.40. The average molecular weight is 437 g/mol. The molecule has 0 aliphatic heterocycles. The summed E-state index contributed by atoms with van der Waals surface area (Å²) in [7, 11) is 0.895. The van der Waals surface area contributed by atoms with Gasteiger partial charge < -0.3 is 19.5 Å². The highest BCUT2D eigenvalue weighted by atomic mass is 32.2. The summed E-state index contributed by atoms with van der Waals surface area (Å²) in [6.07, 6.45) is 2.57. The van der Waals surface area contributed by atoms with E-state index in [9.17, 15) is 13.2 Å². The second-order valence-electron chi connectivity index (χ2n) is 6.61. The first-order valence-corrected chi connectivity index (χ1v) is 11.2. The fraction of sp³-hybridized carbons (Fsp3) is 0.381. The molecule has 0 fully saturated rings. The highest BCUT2D eigenvalue weighted by Gasteiger charge is 2.22. The molecule has 0 radical (unpaired) electrons. The van der Waals surface area contributed by atoms with Crippen LogP contribution in [0.3, 0.4) is 0 Å². The SMILES string of the molecule is COc1ccc(CCCNC(=O)CN(c2ccc(OC)c(OC)c2)S(C)(=O)=O)cc1. The van der Waals surface area contributed by atoms with Gasteiger partial charge in [-0.1, -0.05) is 12.1 Å². The summed E-state index contributed by atoms with van der Waals surface area (Å²) >= 11 is 0. The molecule has 9 heteroatoms. The highest BCUT2D eigenvalue weighted by Crippen LogP contribution is 2.32. The molecule has 2 rings (SSSR count). The predicted molar refractivity (Wildman–Crippen MR) is 116 cm³/mol. The lowest BCUT2D eigenvalue weighted by atomic mass is 10.1. The topological polar surface area (TPSA) is 94.2 Å². The highest BCUT2D eigenvalue weighted by molar-refractivity contribution is 7.92. The molecule has 0 aliphatic carbocycles. The number of benzene rings is 2. The molecule has 0 atom stereocenters. The van der Waals surface area contributed by atoms with Gasteiger partial charge in [-0.15, -0.1) is 0 Å². The number of rotatable bonds is 11. The largest absolute Gasteiger partial charge is 0.497 e. The molecular formula is C21H28N2O6S. The lowest BCUT2D eigenvalue weighted by molar-refractivity contribution is -0.119. The zero-order valence-electron chi connectivity index (χ0n) is 17.7. The van der Waals surface area contributed by atoms with Crippen LogP contribution in [-0.4, -0.2) is 55.0 Å². The second-order valence-corrected chi connectivity index (χ2v) is 8.52. The third-order valence-electron chi connectivity index (χ3n) is 4.47. The van der Waals surface area contributed by atoms with Crippen molar-refractivity contribution in [3.63, 3.8) is 0 Å². The molecule has 1 N–H and O–H groups in total. The summed E-state index contributed by atoms with van der Waals surface area (Å²) in [5.41, 5.74) is 1.46. The van der Waals surface area contributed by atoms with Crippen molar-refractivity contribution in [3.8, 4) is 17.2 Å². The lowest BCUT2D eigenvalue weighted by Gasteiger charge is -2.23. The molecule has 0 heterocycles. The summed E-state index contributed by atoms with van der Waals surface area (Å²) < 4.78 is 41.1. The maximum absolute atomic E-state index is 12.4. The van der Waals surface area contributed by atoms with Gasteiger partial charge in [-0.2, -0.15) is 0 Å². The van der Waals surface area contributed by atoms with E-state index in [1.54, 1.807) is 19.2 Å². The summed E-state index contributed by atoms with van der Waals surface area (Å²) in [6.45, 7) is 0.116. The Labute approximate surface area is 177 Å². The zero-order valence-corrected chi connectivity index (χ0v) is 18.5. The second kappa shape index (κ2) is 10.7. The summed E-state index contributed by atoms with van der Waals surface area (Å²) in [5, 5.41) is 2.77. The van der Waals surface area contributed by atoms with Crippen molar-refractivity contribution in [1.82, 2.24) is 5.32 Å². The van der Waals surface area contributed by atoms with E-state index in [-0.39, 0.29) is 12.5 Å². The quantitative estimate of drug-likeness (QED) is 0.543. The number of carbonyl (C=O) groups excluding carboxylic acids is 1. The number of sulfonamides is 1. The number of carbonyl (C=O) groups is 1. The van der Waals surface area contributed by atoms with Crippen LogP contribution in [0, 0.1) is 0 Å². The number of amides is 1. The minimum Gasteiger partial charge on any atom is -0.497 e. The van der Waals surface area contributed by atoms with Crippen molar-refractivity contribution in [1.29, 1.82) is 0 Å². The van der Waals surface area contributed by atoms with E-state index in [0.29, 0.717) is 23.7 Å². The van der Waals surface area contributed by atoms with Crippen molar-refractivity contribution in [2.24, 2.45) is 0 Å². The van der Waals surface area contributed by atoms with Gasteiger partial charge in [-0.25, -0.2) is 8.42 Å². The van der Waals surface area contributed by atoms with Crippen molar-refractivity contribution in [3.05, 3.63) is 48.0 Å². The van der Waals surface area contributed by atoms with Crippen molar-refractivity contribution < 1.29 is 27.4 Å². The van der Waals surface area contributed by atoms with Gasteiger partial charge in [0, 0.05) is 12.6 Å². The Morgan fingerprint density at radius 2 is 1.63 bits per heavy atom. The van der Waals surface area contributed by atoms with E-state index in [1.165, 1.54) is 20.3 Å². The van der Waals surface area contributed by atoms with Crippen LogP contribution in [0.5, 0.6) is 17.2 Å². The van der Waals surface area contributed by atoms with Crippen LogP contribution in [0.2, 0.25) is 0 Å². The van der Waals surface area contributed by atoms with E-state index in [1.807, 2.05) is 24.3 Å². The summed E-state index contributed by atoms with van der Waals surface area (Å²) in [6, 6.07) is 12.4. The van der Waals surface area contributed by atoms with Gasteiger partial charge in [-0.05, 0) is 42.7 Å². The third-order valence-corrected chi connectivity index (χ3v) is 5.61. The number of aryl methyl sites for hydroxylation is 1. The first kappa shape index (κ1) is 23.3. The van der Waals surface area contributed by atoms with E-state index < -0.39 is 10.0 Å². The fourth-order valence-electron chi connectivity index (χ4n) is 2.88. The van der Waals surface area contributed by atoms with Gasteiger partial charge in [0.25, 0.3) is 0 Å². The molecule has 0 unspecified atom stereocenters. The van der Waals surface area contributed by atoms with Crippen molar-refractivity contribution in [2.45, 2.75) is 12.8 Å². The van der Waals surface area contributed by atoms with Gasteiger partial charge in [0.15, 0.2) is 11.5 Å². The molecule has 0 bridgehead atoms. The number of anilines is 1. The molecule has 2 aromatic rings. The molecule has 0 saturated carbocycles. The van der Waals surface area contributed by atoms with E-state index >= 15 is 0 Å². The number of methoxy groups -OCH3 is 3. The van der Waals surface area contributed by atoms with Gasteiger partial charge in [0.1, 0.15) is 12.3 Å². The van der Waals surface area contributed by atoms with Crippen molar-refractivity contribution in [2.75, 3.05) is 45.0 Å². The zero-order chi connectivity index (χ0) is 22.1. The van der Waals surface area contributed by atoms with Crippen LogP contribution in [-0.2, 0) is 21.2 Å². The van der Waals surface area contributed by atoms with Gasteiger partial charge in [0.05, 0.1) is 33.3 Å². The molecule has 2 aromatic carbocycles. The normalized spacial score (nSPS) is 10.9. The molecule has 1 amide bonds. The molecule has 0 saturated heterocycles. The van der Waals surface area contributed by atoms with Crippen LogP contribution >= 0.6 is 0 Å². The number of hydrogen-bond donors (Lipinski definition) is 1. The smallest absolute Gasteiger partial charge is 0.240 e. The molecule has 164 valence electrons. The predicted octanol–water partition coefficient (Wildman–Crippen LogP) is 2.23. The minimum atomic E-state index is -3.67. The van der Waals surface area contributed by atoms with Crippen LogP contribution in [0.4, 0.5) is 5.69 Å². The van der Waals surface area contributed by atoms with Crippen LogP contribution < -0.4 is 23.8 Å². The fourth-order valence-corrected chi connectivity index (χ4v) is 3.73. The van der Waals surface area contributed by atoms with Crippen LogP contribution in [0.1, 0.15) is 12.0 Å². The number of nitrogens with zero attached hydrogens (tertiary/aromatic N) is 1. The number of ether oxygens (including phenoxy) is 3. The molecule has 0 aliphatic rings. The Hall–Kier alpha value is -2.94. The van der Waals surface area contributed by atoms with Gasteiger partial charge >= 0.3 is 0 Å². The standard InChI is InChI=1S/C21H28N2O6S/c1-27-18-10-7-16(8-11-18)6-5-13-22-21(24)15-23(30(4,25)26)17-9-12-19(28-2)20(14-17)29-3/h7-12,14H,5-6,13,15H2,1-4H3,(H,22,24). The number of hydrogen-bond acceptors (Lipinski definition) is 6. The summed E-state index contributed by atoms with van der Waals surface area (Å²) in [5.74, 6) is 1.26. The Morgan fingerprint density at radius 1 is 0.967 bits per heavy atom. The Bertz CT molecular complexity index is 944. The maximum atomic E-state index is 12.4. The van der Waals surface area contributed by atoms with Crippen LogP contribution in [0.25, 0.3) is 0 Å². The Kier molecular flexibility index (Phi) is 8.35. The molecule has 0 spiro atoms. The Morgan fingerprint density at radius 3 is 2.20 bits per heavy atom. The molecule has 30 heavy (non-hydrogen) atoms. The number of nitrogens with one attached hydrogen (secondary N) is 1. The van der Waals surface area contributed by atoms with Gasteiger partial charge in [-0.3, -0.25) is 9.10 Å². The summed E-state index contributed by atoms with van der Waals surface area (Å²) in [4.78, 5) is 12.4. The third kappa shape index (κ3) is 6.55. The minimum absolute atomic E-state index is 0.323. The Balaban J connectivity index is 1.95. The molecular weight excluding hydrogens is 408 g/mol. The van der Waals surface area contributed by atoms with Gasteiger partial charge in [0.2, 0.25) is 15.9 Å².